The van der Waals surface area contributed by atoms with Gasteiger partial charge in [-0.3, -0.25) is 9.78 Å². The van der Waals surface area contributed by atoms with Crippen LogP contribution in [0, 0.1) is 0 Å². The number of fused-ring (bicyclic) bond motifs is 2. The van der Waals surface area contributed by atoms with Crippen LogP contribution in [0.25, 0.3) is 10.9 Å². The third kappa shape index (κ3) is 3.22. The molecule has 0 fully saturated rings. The van der Waals surface area contributed by atoms with E-state index in [2.05, 4.69) is 10.3 Å². The van der Waals surface area contributed by atoms with Crippen molar-refractivity contribution in [2.45, 2.75) is 12.4 Å². The summed E-state index contributed by atoms with van der Waals surface area (Å²) in [7, 11) is -1.34. The van der Waals surface area contributed by atoms with Crippen molar-refractivity contribution in [2.24, 2.45) is 0 Å². The van der Waals surface area contributed by atoms with E-state index in [9.17, 15) is 19.7 Å². The second-order valence-corrected chi connectivity index (χ2v) is 6.30. The van der Waals surface area contributed by atoms with Crippen LogP contribution in [0.1, 0.15) is 26.3 Å². The van der Waals surface area contributed by atoms with Gasteiger partial charge in [-0.1, -0.05) is 18.2 Å². The van der Waals surface area contributed by atoms with Gasteiger partial charge in [0.15, 0.2) is 0 Å². The van der Waals surface area contributed by atoms with Crippen LogP contribution in [0.2, 0.25) is 0 Å². The van der Waals surface area contributed by atoms with Crippen LogP contribution in [0.3, 0.4) is 0 Å². The highest BCUT2D eigenvalue weighted by Gasteiger charge is 2.37. The Balaban J connectivity index is 1.56. The lowest BCUT2D eigenvalue weighted by atomic mass is 9.72. The molecule has 3 N–H and O–H groups in total. The summed E-state index contributed by atoms with van der Waals surface area (Å²) in [6.45, 7) is 0. The molecule has 27 heavy (non-hydrogen) atoms. The molecule has 7 nitrogen and oxygen atoms in total. The number of pyridine rings is 1. The van der Waals surface area contributed by atoms with Gasteiger partial charge in [0.05, 0.1) is 17.0 Å². The molecule has 1 aliphatic rings. The third-order valence-electron chi connectivity index (χ3n) is 4.53. The largest absolute Gasteiger partial charge is 0.547 e. The topological polar surface area (TPSA) is 109 Å². The van der Waals surface area contributed by atoms with E-state index < -0.39 is 19.0 Å². The highest BCUT2D eigenvalue weighted by Crippen LogP contribution is 2.30. The van der Waals surface area contributed by atoms with Gasteiger partial charge in [-0.05, 0) is 42.3 Å². The van der Waals surface area contributed by atoms with Crippen molar-refractivity contribution in [3.8, 4) is 5.75 Å². The van der Waals surface area contributed by atoms with Crippen molar-refractivity contribution in [2.75, 3.05) is 0 Å². The number of aromatic carboxylic acids is 1. The van der Waals surface area contributed by atoms with E-state index in [4.69, 9.17) is 4.65 Å². The van der Waals surface area contributed by atoms with E-state index >= 15 is 0 Å². The molecule has 1 amide bonds. The fourth-order valence-corrected chi connectivity index (χ4v) is 3.18. The molecule has 1 atom stereocenters. The summed E-state index contributed by atoms with van der Waals surface area (Å²) < 4.78 is 5.39. The SMILES string of the molecule is O=C(N[C@H]1Cc2cccc(C(=O)O)c2OB1O)c1ccc2ncccc2c1. The molecule has 2 heterocycles. The molecule has 0 spiro atoms. The minimum absolute atomic E-state index is 0.0154. The van der Waals surface area contributed by atoms with Gasteiger partial charge in [-0.25, -0.2) is 4.79 Å². The molecule has 0 aliphatic carbocycles. The van der Waals surface area contributed by atoms with Crippen LogP contribution in [-0.2, 0) is 6.42 Å². The Bertz CT molecular complexity index is 1060. The molecule has 3 aromatic rings. The molecule has 0 bridgehead atoms. The van der Waals surface area contributed by atoms with Gasteiger partial charge in [-0.15, -0.1) is 0 Å². The Kier molecular flexibility index (Phi) is 4.25. The number of nitrogens with zero attached hydrogens (tertiary/aromatic N) is 1. The normalized spacial score (nSPS) is 15.7. The summed E-state index contributed by atoms with van der Waals surface area (Å²) in [5, 5.41) is 23.1. The first-order chi connectivity index (χ1) is 13.0. The van der Waals surface area contributed by atoms with Crippen LogP contribution in [0.4, 0.5) is 0 Å². The van der Waals surface area contributed by atoms with Gasteiger partial charge >= 0.3 is 13.1 Å². The minimum atomic E-state index is -1.34. The maximum absolute atomic E-state index is 12.6. The number of carbonyl (C=O) groups is 2. The summed E-state index contributed by atoms with van der Waals surface area (Å²) in [5.74, 6) is -2.05. The van der Waals surface area contributed by atoms with Crippen molar-refractivity contribution < 1.29 is 24.4 Å². The Morgan fingerprint density at radius 3 is 2.85 bits per heavy atom. The van der Waals surface area contributed by atoms with Gasteiger partial charge in [-0.2, -0.15) is 0 Å². The Morgan fingerprint density at radius 1 is 1.19 bits per heavy atom. The van der Waals surface area contributed by atoms with Crippen molar-refractivity contribution in [1.82, 2.24) is 10.3 Å². The number of carboxylic acid groups (broad SMARTS) is 1. The lowest BCUT2D eigenvalue weighted by Crippen LogP contribution is -2.53. The zero-order valence-corrected chi connectivity index (χ0v) is 14.1. The quantitative estimate of drug-likeness (QED) is 0.612. The standard InChI is InChI=1S/C19H15BN2O5/c23-18(13-6-7-15-11(9-13)4-2-8-21-15)22-16-10-12-3-1-5-14(19(24)25)17(12)27-20(16)26/h1-9,16,26H,10H2,(H,22,23)(H,24,25)/t16-/m0/s1. The zero-order chi connectivity index (χ0) is 19.0. The van der Waals surface area contributed by atoms with E-state index in [0.29, 0.717) is 11.1 Å². The lowest BCUT2D eigenvalue weighted by Gasteiger charge is -2.28. The smallest absolute Gasteiger partial charge is 0.534 e. The number of hydrogen-bond acceptors (Lipinski definition) is 5. The molecular weight excluding hydrogens is 347 g/mol. The monoisotopic (exact) mass is 362 g/mol. The number of rotatable bonds is 3. The molecule has 0 unspecified atom stereocenters. The zero-order valence-electron chi connectivity index (χ0n) is 14.1. The molecule has 1 aromatic heterocycles. The highest BCUT2D eigenvalue weighted by molar-refractivity contribution is 6.47. The Morgan fingerprint density at radius 2 is 2.04 bits per heavy atom. The van der Waals surface area contributed by atoms with Crippen molar-refractivity contribution in [3.05, 3.63) is 71.4 Å². The second kappa shape index (κ2) is 6.73. The molecule has 1 aliphatic heterocycles. The average Bonchev–Trinajstić information content (AvgIpc) is 2.67. The maximum atomic E-state index is 12.6. The summed E-state index contributed by atoms with van der Waals surface area (Å²) >= 11 is 0. The lowest BCUT2D eigenvalue weighted by molar-refractivity contribution is 0.0693. The van der Waals surface area contributed by atoms with Gasteiger partial charge in [0, 0.05) is 17.1 Å². The number of carbonyl (C=O) groups excluding carboxylic acids is 1. The first kappa shape index (κ1) is 17.1. The molecule has 0 saturated carbocycles. The predicted octanol–water partition coefficient (Wildman–Crippen LogP) is 1.69. The van der Waals surface area contributed by atoms with Crippen LogP contribution in [-0.4, -0.2) is 40.1 Å². The minimum Gasteiger partial charge on any atom is -0.534 e. The number of hydrogen-bond donors (Lipinski definition) is 3. The first-order valence-electron chi connectivity index (χ1n) is 8.38. The van der Waals surface area contributed by atoms with Gasteiger partial charge in [0.2, 0.25) is 0 Å². The Labute approximate surface area is 154 Å². The summed E-state index contributed by atoms with van der Waals surface area (Å²) in [4.78, 5) is 28.1. The van der Waals surface area contributed by atoms with Crippen LogP contribution in [0.15, 0.2) is 54.7 Å². The van der Waals surface area contributed by atoms with E-state index in [1.165, 1.54) is 6.07 Å². The average molecular weight is 362 g/mol. The molecule has 0 radical (unpaired) electrons. The summed E-state index contributed by atoms with van der Waals surface area (Å²) in [6, 6.07) is 13.5. The fourth-order valence-electron chi connectivity index (χ4n) is 3.18. The number of carboxylic acids is 1. The Hall–Kier alpha value is -3.39. The number of nitrogens with one attached hydrogen (secondary N) is 1. The molecule has 2 aromatic carbocycles. The van der Waals surface area contributed by atoms with Crippen molar-refractivity contribution in [1.29, 1.82) is 0 Å². The third-order valence-corrected chi connectivity index (χ3v) is 4.53. The van der Waals surface area contributed by atoms with Crippen LogP contribution >= 0.6 is 0 Å². The molecule has 134 valence electrons. The van der Waals surface area contributed by atoms with Crippen LogP contribution < -0.4 is 9.97 Å². The first-order valence-corrected chi connectivity index (χ1v) is 8.38. The number of benzene rings is 2. The van der Waals surface area contributed by atoms with Gasteiger partial charge in [0.1, 0.15) is 5.75 Å². The highest BCUT2D eigenvalue weighted by atomic mass is 16.5. The number of aromatic nitrogens is 1. The van der Waals surface area contributed by atoms with Crippen LogP contribution in [0.5, 0.6) is 5.75 Å². The molecular formula is C19H15BN2O5. The molecule has 0 saturated heterocycles. The fraction of sp³-hybridized carbons (Fsp3) is 0.105. The number of para-hydroxylation sites is 1. The summed E-state index contributed by atoms with van der Waals surface area (Å²) in [5.41, 5.74) is 1.82. The van der Waals surface area contributed by atoms with Gasteiger partial charge in [0.25, 0.3) is 5.91 Å². The predicted molar refractivity (Wildman–Crippen MR) is 98.7 cm³/mol. The maximum Gasteiger partial charge on any atom is 0.547 e. The van der Waals surface area contributed by atoms with E-state index in [1.807, 2.05) is 6.07 Å². The number of amides is 1. The van der Waals surface area contributed by atoms with E-state index in [0.717, 1.165) is 10.9 Å². The van der Waals surface area contributed by atoms with Crippen molar-refractivity contribution >= 4 is 29.9 Å². The van der Waals surface area contributed by atoms with Gasteiger partial charge < -0.3 is 20.1 Å². The second-order valence-electron chi connectivity index (χ2n) is 6.30. The molecule has 4 rings (SSSR count). The van der Waals surface area contributed by atoms with E-state index in [1.54, 1.807) is 42.6 Å². The molecule has 8 heteroatoms. The summed E-state index contributed by atoms with van der Waals surface area (Å²) in [6.07, 6.45) is 1.94. The van der Waals surface area contributed by atoms with Crippen molar-refractivity contribution in [3.63, 3.8) is 0 Å². The van der Waals surface area contributed by atoms with E-state index in [-0.39, 0.29) is 23.6 Å².